The minimum absolute atomic E-state index is 0.194. The lowest BCUT2D eigenvalue weighted by Gasteiger charge is -2.26. The highest BCUT2D eigenvalue weighted by Crippen LogP contribution is 2.25. The first kappa shape index (κ1) is 16.3. The van der Waals surface area contributed by atoms with Gasteiger partial charge in [0.1, 0.15) is 11.8 Å². The van der Waals surface area contributed by atoms with Crippen LogP contribution in [0.2, 0.25) is 0 Å². The van der Waals surface area contributed by atoms with E-state index >= 15 is 0 Å². The first-order valence-electron chi connectivity index (χ1n) is 7.76. The van der Waals surface area contributed by atoms with Crippen LogP contribution in [-0.2, 0) is 4.79 Å². The molecule has 5 nitrogen and oxygen atoms in total. The van der Waals surface area contributed by atoms with Gasteiger partial charge in [-0.25, -0.2) is 4.79 Å². The van der Waals surface area contributed by atoms with E-state index in [1.54, 1.807) is 24.3 Å². The van der Waals surface area contributed by atoms with E-state index in [2.05, 4.69) is 5.32 Å². The van der Waals surface area contributed by atoms with Crippen LogP contribution in [0.25, 0.3) is 0 Å². The molecule has 0 radical (unpaired) electrons. The smallest absolute Gasteiger partial charge is 0.326 e. The molecule has 0 heterocycles. The van der Waals surface area contributed by atoms with Gasteiger partial charge in [-0.1, -0.05) is 13.8 Å². The molecule has 2 N–H and O–H groups in total. The zero-order chi connectivity index (χ0) is 16.1. The van der Waals surface area contributed by atoms with Crippen molar-refractivity contribution in [1.82, 2.24) is 5.32 Å². The van der Waals surface area contributed by atoms with Crippen molar-refractivity contribution < 1.29 is 19.4 Å². The van der Waals surface area contributed by atoms with Crippen LogP contribution in [0.15, 0.2) is 24.3 Å². The minimum Gasteiger partial charge on any atom is -0.490 e. The van der Waals surface area contributed by atoms with Crippen LogP contribution < -0.4 is 10.1 Å². The first-order valence-corrected chi connectivity index (χ1v) is 7.76. The topological polar surface area (TPSA) is 75.6 Å². The standard InChI is InChI=1S/C17H23NO4/c1-11(2)10-15(17(20)21)18-16(19)12-6-8-14(9-7-12)22-13-4-3-5-13/h6-9,11,13,15H,3-5,10H2,1-2H3,(H,18,19)(H,20,21). The quantitative estimate of drug-likeness (QED) is 0.812. The molecule has 0 spiro atoms. The number of ether oxygens (including phenoxy) is 1. The molecule has 22 heavy (non-hydrogen) atoms. The number of carboxylic acids is 1. The summed E-state index contributed by atoms with van der Waals surface area (Å²) < 4.78 is 5.73. The minimum atomic E-state index is -1.01. The van der Waals surface area contributed by atoms with E-state index in [0.29, 0.717) is 18.1 Å². The van der Waals surface area contributed by atoms with E-state index in [0.717, 1.165) is 18.6 Å². The number of rotatable bonds is 7. The van der Waals surface area contributed by atoms with E-state index in [4.69, 9.17) is 9.84 Å². The number of hydrogen-bond donors (Lipinski definition) is 2. The summed E-state index contributed by atoms with van der Waals surface area (Å²) in [6, 6.07) is 5.98. The third-order valence-electron chi connectivity index (χ3n) is 3.78. The molecule has 1 saturated carbocycles. The largest absolute Gasteiger partial charge is 0.490 e. The number of hydrogen-bond acceptors (Lipinski definition) is 3. The SMILES string of the molecule is CC(C)CC(NC(=O)c1ccc(OC2CCC2)cc1)C(=O)O. The van der Waals surface area contributed by atoms with Crippen LogP contribution in [0.5, 0.6) is 5.75 Å². The zero-order valence-corrected chi connectivity index (χ0v) is 13.0. The number of amides is 1. The molecule has 0 saturated heterocycles. The predicted octanol–water partition coefficient (Wildman–Crippen LogP) is 2.85. The predicted molar refractivity (Wildman–Crippen MR) is 83.1 cm³/mol. The van der Waals surface area contributed by atoms with Gasteiger partial charge in [0.15, 0.2) is 0 Å². The third kappa shape index (κ3) is 4.48. The van der Waals surface area contributed by atoms with E-state index in [1.807, 2.05) is 13.8 Å². The number of carbonyl (C=O) groups is 2. The number of carbonyl (C=O) groups excluding carboxylic acids is 1. The van der Waals surface area contributed by atoms with Crippen molar-refractivity contribution in [1.29, 1.82) is 0 Å². The number of nitrogens with one attached hydrogen (secondary N) is 1. The Hall–Kier alpha value is -2.04. The lowest BCUT2D eigenvalue weighted by Crippen LogP contribution is -2.41. The van der Waals surface area contributed by atoms with Gasteiger partial charge in [0.2, 0.25) is 0 Å². The van der Waals surface area contributed by atoms with Crippen molar-refractivity contribution in [3.63, 3.8) is 0 Å². The van der Waals surface area contributed by atoms with E-state index < -0.39 is 12.0 Å². The Morgan fingerprint density at radius 1 is 1.27 bits per heavy atom. The molecular weight excluding hydrogens is 282 g/mol. The molecule has 1 aliphatic rings. The van der Waals surface area contributed by atoms with Gasteiger partial charge in [-0.2, -0.15) is 0 Å². The molecule has 1 aliphatic carbocycles. The van der Waals surface area contributed by atoms with Gasteiger partial charge in [-0.15, -0.1) is 0 Å². The molecule has 0 aliphatic heterocycles. The molecule has 1 aromatic rings. The summed E-state index contributed by atoms with van der Waals surface area (Å²) in [5.41, 5.74) is 0.441. The Kier molecular flexibility index (Phi) is 5.41. The lowest BCUT2D eigenvalue weighted by atomic mass is 9.96. The molecule has 2 rings (SSSR count). The van der Waals surface area contributed by atoms with Crippen molar-refractivity contribution in [2.75, 3.05) is 0 Å². The molecule has 1 fully saturated rings. The molecule has 1 aromatic carbocycles. The maximum absolute atomic E-state index is 12.1. The number of aliphatic carboxylic acids is 1. The lowest BCUT2D eigenvalue weighted by molar-refractivity contribution is -0.139. The Morgan fingerprint density at radius 3 is 2.36 bits per heavy atom. The van der Waals surface area contributed by atoms with Crippen LogP contribution in [-0.4, -0.2) is 29.1 Å². The van der Waals surface area contributed by atoms with Crippen LogP contribution in [0.1, 0.15) is 49.9 Å². The molecule has 1 amide bonds. The molecular formula is C17H23NO4. The molecule has 0 aromatic heterocycles. The second kappa shape index (κ2) is 7.29. The summed E-state index contributed by atoms with van der Waals surface area (Å²) in [7, 11) is 0. The fourth-order valence-corrected chi connectivity index (χ4v) is 2.30. The van der Waals surface area contributed by atoms with Gasteiger partial charge in [0, 0.05) is 5.56 Å². The highest BCUT2D eigenvalue weighted by molar-refractivity contribution is 5.96. The second-order valence-corrected chi connectivity index (χ2v) is 6.19. The molecule has 5 heteroatoms. The van der Waals surface area contributed by atoms with Gasteiger partial charge < -0.3 is 15.2 Å². The van der Waals surface area contributed by atoms with Crippen LogP contribution in [0, 0.1) is 5.92 Å². The zero-order valence-electron chi connectivity index (χ0n) is 13.0. The van der Waals surface area contributed by atoms with Crippen molar-refractivity contribution in [3.05, 3.63) is 29.8 Å². The maximum Gasteiger partial charge on any atom is 0.326 e. The van der Waals surface area contributed by atoms with Crippen molar-refractivity contribution in [2.24, 2.45) is 5.92 Å². The second-order valence-electron chi connectivity index (χ2n) is 6.19. The summed E-state index contributed by atoms with van der Waals surface area (Å²) in [6.07, 6.45) is 4.07. The number of carboxylic acid groups (broad SMARTS) is 1. The van der Waals surface area contributed by atoms with Gasteiger partial charge in [0.25, 0.3) is 5.91 Å². The summed E-state index contributed by atoms with van der Waals surface area (Å²) >= 11 is 0. The van der Waals surface area contributed by atoms with Crippen molar-refractivity contribution in [2.45, 2.75) is 51.7 Å². The fourth-order valence-electron chi connectivity index (χ4n) is 2.30. The average molecular weight is 305 g/mol. The Labute approximate surface area is 130 Å². The van der Waals surface area contributed by atoms with Crippen molar-refractivity contribution in [3.8, 4) is 5.75 Å². The van der Waals surface area contributed by atoms with E-state index in [1.165, 1.54) is 6.42 Å². The molecule has 0 bridgehead atoms. The monoisotopic (exact) mass is 305 g/mol. The summed E-state index contributed by atoms with van der Waals surface area (Å²) in [5, 5.41) is 11.7. The van der Waals surface area contributed by atoms with E-state index in [9.17, 15) is 9.59 Å². The average Bonchev–Trinajstić information content (AvgIpc) is 2.42. The van der Waals surface area contributed by atoms with Gasteiger partial charge in [-0.05, 0) is 55.9 Å². The summed E-state index contributed by atoms with van der Waals surface area (Å²) in [4.78, 5) is 23.3. The van der Waals surface area contributed by atoms with Gasteiger partial charge in [-0.3, -0.25) is 4.79 Å². The molecule has 1 unspecified atom stereocenters. The van der Waals surface area contributed by atoms with Gasteiger partial charge >= 0.3 is 5.97 Å². The Morgan fingerprint density at radius 2 is 1.91 bits per heavy atom. The Bertz CT molecular complexity index is 520. The van der Waals surface area contributed by atoms with Crippen molar-refractivity contribution >= 4 is 11.9 Å². The maximum atomic E-state index is 12.1. The van der Waals surface area contributed by atoms with Crippen LogP contribution in [0.4, 0.5) is 0 Å². The summed E-state index contributed by atoms with van der Waals surface area (Å²) in [6.45, 7) is 3.85. The Balaban J connectivity index is 1.94. The fraction of sp³-hybridized carbons (Fsp3) is 0.529. The van der Waals surface area contributed by atoms with Gasteiger partial charge in [0.05, 0.1) is 6.10 Å². The summed E-state index contributed by atoms with van der Waals surface area (Å²) in [5.74, 6) is -0.437. The normalized spacial score (nSPS) is 16.0. The third-order valence-corrected chi connectivity index (χ3v) is 3.78. The van der Waals surface area contributed by atoms with Crippen LogP contribution in [0.3, 0.4) is 0 Å². The molecule has 1 atom stereocenters. The highest BCUT2D eigenvalue weighted by Gasteiger charge is 2.22. The van der Waals surface area contributed by atoms with E-state index in [-0.39, 0.29) is 11.8 Å². The molecule has 120 valence electrons. The number of benzene rings is 1. The highest BCUT2D eigenvalue weighted by atomic mass is 16.5. The van der Waals surface area contributed by atoms with Crippen LogP contribution >= 0.6 is 0 Å². The first-order chi connectivity index (χ1) is 10.5.